The van der Waals surface area contributed by atoms with Crippen LogP contribution in [-0.2, 0) is 9.47 Å². The van der Waals surface area contributed by atoms with Crippen molar-refractivity contribution >= 4 is 0 Å². The van der Waals surface area contributed by atoms with Crippen LogP contribution in [0.1, 0.15) is 91.4 Å². The van der Waals surface area contributed by atoms with Crippen LogP contribution >= 0.6 is 0 Å². The minimum absolute atomic E-state index is 0.0457. The summed E-state index contributed by atoms with van der Waals surface area (Å²) in [6.07, 6.45) is 16.9. The maximum atomic E-state index is 9.84. The molecule has 0 aromatic carbocycles. The summed E-state index contributed by atoms with van der Waals surface area (Å²) in [5.74, 6) is 3.73. The second-order valence-corrected chi connectivity index (χ2v) is 11.9. The molecule has 0 aromatic heterocycles. The van der Waals surface area contributed by atoms with Gasteiger partial charge in [0.1, 0.15) is 0 Å². The first kappa shape index (κ1) is 21.5. The summed E-state index contributed by atoms with van der Waals surface area (Å²) in [4.78, 5) is 0. The molecule has 0 bridgehead atoms. The van der Waals surface area contributed by atoms with Crippen LogP contribution in [-0.4, -0.2) is 30.7 Å². The molecule has 1 saturated heterocycles. The number of aliphatic hydroxyl groups is 1. The zero-order valence-electron chi connectivity index (χ0n) is 19.6. The van der Waals surface area contributed by atoms with Gasteiger partial charge < -0.3 is 14.6 Å². The topological polar surface area (TPSA) is 38.7 Å². The van der Waals surface area contributed by atoms with Crippen LogP contribution in [0.5, 0.6) is 0 Å². The van der Waals surface area contributed by atoms with E-state index < -0.39 is 0 Å². The van der Waals surface area contributed by atoms with E-state index in [0.717, 1.165) is 37.2 Å². The van der Waals surface area contributed by atoms with E-state index in [1.54, 1.807) is 5.57 Å². The standard InChI is InChI=1S/C27H44O3/c1-18(17-28)22-9-10-23-21-8-7-19-16-20(30-25-6-4-5-15-29-25)11-13-26(19,2)24(21)12-14-27(22,23)3/h7,18,20-25,28H,4-6,8-17H2,1-3H3. The summed E-state index contributed by atoms with van der Waals surface area (Å²) >= 11 is 0. The van der Waals surface area contributed by atoms with Gasteiger partial charge >= 0.3 is 0 Å². The molecule has 0 aromatic rings. The second-order valence-electron chi connectivity index (χ2n) is 11.9. The van der Waals surface area contributed by atoms with E-state index in [9.17, 15) is 5.11 Å². The predicted octanol–water partition coefficient (Wildman–Crippen LogP) is 6.11. The van der Waals surface area contributed by atoms with Crippen molar-refractivity contribution in [2.24, 2.45) is 40.4 Å². The smallest absolute Gasteiger partial charge is 0.157 e. The lowest BCUT2D eigenvalue weighted by atomic mass is 9.47. The Morgan fingerprint density at radius 3 is 2.73 bits per heavy atom. The highest BCUT2D eigenvalue weighted by Gasteiger charge is 2.59. The lowest BCUT2D eigenvalue weighted by Crippen LogP contribution is -2.51. The van der Waals surface area contributed by atoms with Gasteiger partial charge in [-0.15, -0.1) is 0 Å². The first-order chi connectivity index (χ1) is 14.5. The van der Waals surface area contributed by atoms with Crippen molar-refractivity contribution in [2.75, 3.05) is 13.2 Å². The monoisotopic (exact) mass is 416 g/mol. The van der Waals surface area contributed by atoms with Crippen molar-refractivity contribution < 1.29 is 14.6 Å². The fraction of sp³-hybridized carbons (Fsp3) is 0.926. The van der Waals surface area contributed by atoms with Gasteiger partial charge in [-0.2, -0.15) is 0 Å². The Morgan fingerprint density at radius 2 is 1.97 bits per heavy atom. The fourth-order valence-corrected chi connectivity index (χ4v) is 8.88. The highest BCUT2D eigenvalue weighted by atomic mass is 16.7. The van der Waals surface area contributed by atoms with Gasteiger partial charge in [0.2, 0.25) is 0 Å². The van der Waals surface area contributed by atoms with E-state index in [1.165, 1.54) is 57.8 Å². The molecular formula is C27H44O3. The number of fused-ring (bicyclic) bond motifs is 5. The Bertz CT molecular complexity index is 652. The van der Waals surface area contributed by atoms with E-state index in [4.69, 9.17) is 9.47 Å². The molecule has 0 radical (unpaired) electrons. The zero-order valence-corrected chi connectivity index (χ0v) is 19.6. The highest BCUT2D eigenvalue weighted by Crippen LogP contribution is 2.67. The van der Waals surface area contributed by atoms with E-state index in [2.05, 4.69) is 26.8 Å². The molecule has 30 heavy (non-hydrogen) atoms. The van der Waals surface area contributed by atoms with Crippen LogP contribution in [0.3, 0.4) is 0 Å². The highest BCUT2D eigenvalue weighted by molar-refractivity contribution is 5.25. The van der Waals surface area contributed by atoms with Gasteiger partial charge in [-0.25, -0.2) is 0 Å². The van der Waals surface area contributed by atoms with Gasteiger partial charge in [0, 0.05) is 13.2 Å². The summed E-state index contributed by atoms with van der Waals surface area (Å²) in [6, 6.07) is 0. The molecule has 9 unspecified atom stereocenters. The van der Waals surface area contributed by atoms with Crippen LogP contribution in [0.15, 0.2) is 11.6 Å². The number of rotatable bonds is 4. The predicted molar refractivity (Wildman–Crippen MR) is 120 cm³/mol. The van der Waals surface area contributed by atoms with Gasteiger partial charge in [-0.1, -0.05) is 32.4 Å². The minimum atomic E-state index is 0.0457. The van der Waals surface area contributed by atoms with Crippen molar-refractivity contribution in [2.45, 2.75) is 104 Å². The number of allylic oxidation sites excluding steroid dienone is 1. The lowest BCUT2D eigenvalue weighted by molar-refractivity contribution is -0.195. The van der Waals surface area contributed by atoms with Gasteiger partial charge in [-0.3, -0.25) is 0 Å². The molecule has 5 aliphatic rings. The molecule has 4 fully saturated rings. The first-order valence-electron chi connectivity index (χ1n) is 13.0. The first-order valence-corrected chi connectivity index (χ1v) is 13.0. The molecule has 5 rings (SSSR count). The van der Waals surface area contributed by atoms with Crippen molar-refractivity contribution in [1.82, 2.24) is 0 Å². The molecule has 3 nitrogen and oxygen atoms in total. The molecule has 1 heterocycles. The SMILES string of the molecule is CC(CO)C1CCC2C3CC=C4CC(OC5CCCCO5)CCC4(C)C3CCC12C. The lowest BCUT2D eigenvalue weighted by Gasteiger charge is -2.58. The van der Waals surface area contributed by atoms with Gasteiger partial charge in [0.15, 0.2) is 6.29 Å². The molecular weight excluding hydrogens is 372 g/mol. The minimum Gasteiger partial charge on any atom is -0.396 e. The molecule has 1 N–H and O–H groups in total. The van der Waals surface area contributed by atoms with Gasteiger partial charge in [-0.05, 0) is 111 Å². The molecule has 9 atom stereocenters. The molecule has 3 heteroatoms. The molecule has 1 aliphatic heterocycles. The van der Waals surface area contributed by atoms with Crippen LogP contribution < -0.4 is 0 Å². The van der Waals surface area contributed by atoms with Crippen LogP contribution in [0.4, 0.5) is 0 Å². The summed E-state index contributed by atoms with van der Waals surface area (Å²) in [5, 5.41) is 9.84. The van der Waals surface area contributed by atoms with E-state index in [-0.39, 0.29) is 6.29 Å². The Labute approximate surface area is 184 Å². The Kier molecular flexibility index (Phi) is 5.86. The molecule has 170 valence electrons. The summed E-state index contributed by atoms with van der Waals surface area (Å²) in [6.45, 7) is 8.68. The Morgan fingerprint density at radius 1 is 1.10 bits per heavy atom. The van der Waals surface area contributed by atoms with Crippen LogP contribution in [0.25, 0.3) is 0 Å². The normalized spacial score (nSPS) is 49.5. The molecule has 0 spiro atoms. The molecule has 0 amide bonds. The maximum Gasteiger partial charge on any atom is 0.157 e. The third-order valence-corrected chi connectivity index (χ3v) is 10.6. The summed E-state index contributed by atoms with van der Waals surface area (Å²) in [5.41, 5.74) is 2.54. The fourth-order valence-electron chi connectivity index (χ4n) is 8.88. The number of ether oxygens (including phenoxy) is 2. The van der Waals surface area contributed by atoms with Crippen molar-refractivity contribution in [3.63, 3.8) is 0 Å². The van der Waals surface area contributed by atoms with E-state index in [0.29, 0.717) is 35.4 Å². The summed E-state index contributed by atoms with van der Waals surface area (Å²) in [7, 11) is 0. The number of hydrogen-bond acceptors (Lipinski definition) is 3. The maximum absolute atomic E-state index is 9.84. The van der Waals surface area contributed by atoms with Gasteiger partial charge in [0.05, 0.1) is 6.10 Å². The van der Waals surface area contributed by atoms with Gasteiger partial charge in [0.25, 0.3) is 0 Å². The Hall–Kier alpha value is -0.380. The van der Waals surface area contributed by atoms with E-state index in [1.807, 2.05) is 0 Å². The molecule has 3 saturated carbocycles. The molecule has 4 aliphatic carbocycles. The summed E-state index contributed by atoms with van der Waals surface area (Å²) < 4.78 is 12.3. The zero-order chi connectivity index (χ0) is 20.9. The van der Waals surface area contributed by atoms with Crippen molar-refractivity contribution in [1.29, 1.82) is 0 Å². The third kappa shape index (κ3) is 3.42. The average Bonchev–Trinajstić information content (AvgIpc) is 3.11. The number of aliphatic hydroxyl groups excluding tert-OH is 1. The van der Waals surface area contributed by atoms with Crippen LogP contribution in [0.2, 0.25) is 0 Å². The Balaban J connectivity index is 1.31. The van der Waals surface area contributed by atoms with Crippen molar-refractivity contribution in [3.8, 4) is 0 Å². The second kappa shape index (κ2) is 8.19. The van der Waals surface area contributed by atoms with Crippen LogP contribution in [0, 0.1) is 40.4 Å². The average molecular weight is 417 g/mol. The quantitative estimate of drug-likeness (QED) is 0.562. The largest absolute Gasteiger partial charge is 0.396 e. The van der Waals surface area contributed by atoms with Crippen molar-refractivity contribution in [3.05, 3.63) is 11.6 Å². The van der Waals surface area contributed by atoms with E-state index >= 15 is 0 Å². The third-order valence-electron chi connectivity index (χ3n) is 10.6. The number of hydrogen-bond donors (Lipinski definition) is 1.